The van der Waals surface area contributed by atoms with Crippen molar-refractivity contribution in [2.75, 3.05) is 11.9 Å². The van der Waals surface area contributed by atoms with Gasteiger partial charge in [-0.25, -0.2) is 0 Å². The quantitative estimate of drug-likeness (QED) is 0.275. The lowest BCUT2D eigenvalue weighted by molar-refractivity contribution is 1.17. The summed E-state index contributed by atoms with van der Waals surface area (Å²) in [5.41, 5.74) is 7.91. The number of anilines is 1. The summed E-state index contributed by atoms with van der Waals surface area (Å²) in [4.78, 5) is 0. The van der Waals surface area contributed by atoms with E-state index >= 15 is 0 Å². The minimum Gasteiger partial charge on any atom is -0.385 e. The van der Waals surface area contributed by atoms with Crippen molar-refractivity contribution < 1.29 is 0 Å². The Morgan fingerprint density at radius 1 is 0.757 bits per heavy atom. The summed E-state index contributed by atoms with van der Waals surface area (Å²) in [6.07, 6.45) is 13.4. The number of hydrogen-bond donors (Lipinski definition) is 1. The van der Waals surface area contributed by atoms with Crippen molar-refractivity contribution in [3.8, 4) is 24.0 Å². The highest BCUT2D eigenvalue weighted by molar-refractivity contribution is 5.99. The normalized spacial score (nSPS) is 10.9. The predicted octanol–water partition coefficient (Wildman–Crippen LogP) is 8.74. The molecule has 0 aromatic heterocycles. The van der Waals surface area contributed by atoms with Gasteiger partial charge in [-0.3, -0.25) is 0 Å². The molecule has 194 valence electrons. The van der Waals surface area contributed by atoms with Crippen LogP contribution < -0.4 is 15.8 Å². The van der Waals surface area contributed by atoms with Gasteiger partial charge in [-0.05, 0) is 95.3 Å². The summed E-state index contributed by atoms with van der Waals surface area (Å²) in [5, 5.41) is 8.66. The molecule has 0 saturated heterocycles. The fourth-order valence-corrected chi connectivity index (χ4v) is 4.61. The number of aryl methyl sites for hydroxylation is 1. The van der Waals surface area contributed by atoms with E-state index in [2.05, 4.69) is 131 Å². The Hall–Kier alpha value is -3.76. The van der Waals surface area contributed by atoms with Crippen LogP contribution in [0, 0.1) is 19.8 Å². The highest BCUT2D eigenvalue weighted by Crippen LogP contribution is 2.33. The summed E-state index contributed by atoms with van der Waals surface area (Å²) < 4.78 is 0. The van der Waals surface area contributed by atoms with Crippen LogP contribution in [-0.2, 0) is 6.42 Å². The Labute approximate surface area is 226 Å². The zero-order chi connectivity index (χ0) is 27.8. The topological polar surface area (TPSA) is 12.0 Å². The van der Waals surface area contributed by atoms with Gasteiger partial charge in [0.05, 0.1) is 0 Å². The van der Waals surface area contributed by atoms with Crippen LogP contribution in [0.2, 0.25) is 0 Å². The lowest BCUT2D eigenvalue weighted by Crippen LogP contribution is -2.27. The molecule has 1 N–H and O–H groups in total. The largest absolute Gasteiger partial charge is 0.385 e. The molecule has 4 aromatic carbocycles. The van der Waals surface area contributed by atoms with E-state index in [-0.39, 0.29) is 0 Å². The van der Waals surface area contributed by atoms with Crippen LogP contribution in [0.25, 0.3) is 34.1 Å². The maximum Gasteiger partial charge on any atom is 0.0342 e. The van der Waals surface area contributed by atoms with Gasteiger partial charge in [0, 0.05) is 12.2 Å². The lowest BCUT2D eigenvalue weighted by Gasteiger charge is -2.17. The smallest absolute Gasteiger partial charge is 0.0342 e. The molecule has 0 bridgehead atoms. The molecule has 0 aliphatic carbocycles. The highest BCUT2D eigenvalue weighted by Gasteiger charge is 2.14. The number of terminal acetylenes is 1. The minimum atomic E-state index is 0.905. The van der Waals surface area contributed by atoms with E-state index in [0.29, 0.717) is 0 Å². The molecule has 0 fully saturated rings. The molecule has 1 heteroatoms. The van der Waals surface area contributed by atoms with Gasteiger partial charge in [0.1, 0.15) is 0 Å². The summed E-state index contributed by atoms with van der Waals surface area (Å²) in [6, 6.07) is 26.6. The van der Waals surface area contributed by atoms with Crippen molar-refractivity contribution in [3.63, 3.8) is 0 Å². The van der Waals surface area contributed by atoms with E-state index in [1.807, 2.05) is 27.7 Å². The average molecular weight is 492 g/mol. The van der Waals surface area contributed by atoms with E-state index in [4.69, 9.17) is 0 Å². The molecular formula is C36H45N. The number of hydrogen-bond acceptors (Lipinski definition) is 1. The molecular weight excluding hydrogens is 446 g/mol. The highest BCUT2D eigenvalue weighted by atomic mass is 14.8. The van der Waals surface area contributed by atoms with Crippen LogP contribution in [0.5, 0.6) is 0 Å². The van der Waals surface area contributed by atoms with Gasteiger partial charge in [-0.2, -0.15) is 0 Å². The molecule has 0 aliphatic rings. The molecule has 0 atom stereocenters. The van der Waals surface area contributed by atoms with Crippen LogP contribution in [0.3, 0.4) is 0 Å². The number of benzene rings is 4. The van der Waals surface area contributed by atoms with Gasteiger partial charge >= 0.3 is 0 Å². The SMILES string of the molecule is C#C.C/C=c1/ccc(C)c(-c2c(Cc3cccc(NCC)c3)ccc3ccccc23)/c1=C/C.CC.CC. The first-order valence-corrected chi connectivity index (χ1v) is 13.6. The summed E-state index contributed by atoms with van der Waals surface area (Å²) in [5.74, 6) is 0. The Morgan fingerprint density at radius 2 is 1.46 bits per heavy atom. The second-order valence-electron chi connectivity index (χ2n) is 8.07. The van der Waals surface area contributed by atoms with Crippen molar-refractivity contribution in [1.82, 2.24) is 0 Å². The van der Waals surface area contributed by atoms with E-state index in [9.17, 15) is 0 Å². The second kappa shape index (κ2) is 16.8. The number of fused-ring (bicyclic) bond motifs is 1. The van der Waals surface area contributed by atoms with Crippen LogP contribution in [0.15, 0.2) is 72.8 Å². The van der Waals surface area contributed by atoms with Gasteiger partial charge in [0.15, 0.2) is 0 Å². The lowest BCUT2D eigenvalue weighted by atomic mass is 9.86. The third-order valence-electron chi connectivity index (χ3n) is 6.06. The summed E-state index contributed by atoms with van der Waals surface area (Å²) in [7, 11) is 0. The second-order valence-corrected chi connectivity index (χ2v) is 8.07. The molecule has 4 aromatic rings. The van der Waals surface area contributed by atoms with Gasteiger partial charge in [-0.15, -0.1) is 12.8 Å². The maximum atomic E-state index is 4.00. The van der Waals surface area contributed by atoms with Gasteiger partial charge in [-0.1, -0.05) is 101 Å². The van der Waals surface area contributed by atoms with E-state index in [0.717, 1.165) is 13.0 Å². The van der Waals surface area contributed by atoms with Crippen LogP contribution >= 0.6 is 0 Å². The van der Waals surface area contributed by atoms with Crippen LogP contribution in [-0.4, -0.2) is 6.54 Å². The van der Waals surface area contributed by atoms with Crippen molar-refractivity contribution in [1.29, 1.82) is 0 Å². The fraction of sp³-hybridized carbons (Fsp3) is 0.278. The molecule has 0 amide bonds. The third-order valence-corrected chi connectivity index (χ3v) is 6.06. The monoisotopic (exact) mass is 491 g/mol. The molecule has 1 nitrogen and oxygen atoms in total. The Morgan fingerprint density at radius 3 is 2.11 bits per heavy atom. The average Bonchev–Trinajstić information content (AvgIpc) is 2.96. The minimum absolute atomic E-state index is 0.905. The molecule has 4 rings (SSSR count). The van der Waals surface area contributed by atoms with E-state index in [1.165, 1.54) is 54.7 Å². The third kappa shape index (κ3) is 7.61. The first-order valence-electron chi connectivity index (χ1n) is 13.6. The van der Waals surface area contributed by atoms with E-state index in [1.54, 1.807) is 0 Å². The molecule has 0 aliphatic heterocycles. The van der Waals surface area contributed by atoms with Gasteiger partial charge in [0.2, 0.25) is 0 Å². The van der Waals surface area contributed by atoms with Crippen molar-refractivity contribution in [2.45, 2.75) is 61.8 Å². The zero-order valence-corrected chi connectivity index (χ0v) is 24.2. The molecule has 0 spiro atoms. The Balaban J connectivity index is 0.00000106. The van der Waals surface area contributed by atoms with Crippen molar-refractivity contribution >= 4 is 28.6 Å². The molecule has 37 heavy (non-hydrogen) atoms. The molecule has 0 unspecified atom stereocenters. The summed E-state index contributed by atoms with van der Waals surface area (Å²) >= 11 is 0. The summed E-state index contributed by atoms with van der Waals surface area (Å²) in [6.45, 7) is 17.6. The predicted molar refractivity (Wildman–Crippen MR) is 170 cm³/mol. The Kier molecular flexibility index (Phi) is 14.2. The van der Waals surface area contributed by atoms with Crippen LogP contribution in [0.1, 0.15) is 65.2 Å². The standard InChI is InChI=1S/C30H31N.2C2H6.C2H2/c1-5-23-16-15-21(4)29(27(23)6-2)30-25(18-17-24-12-8-9-14-28(24)30)19-22-11-10-13-26(20-22)31-7-3;3*1-2/h5-6,8-18,20,31H,7,19H2,1-4H3;2*1-2H3;1-2H/b23-5-,27-6+;;;. The number of rotatable bonds is 5. The van der Waals surface area contributed by atoms with Gasteiger partial charge in [0.25, 0.3) is 0 Å². The van der Waals surface area contributed by atoms with Crippen molar-refractivity contribution in [3.05, 3.63) is 99.9 Å². The molecule has 0 heterocycles. The maximum absolute atomic E-state index is 4.00. The van der Waals surface area contributed by atoms with E-state index < -0.39 is 0 Å². The fourth-order valence-electron chi connectivity index (χ4n) is 4.61. The van der Waals surface area contributed by atoms with Gasteiger partial charge < -0.3 is 5.32 Å². The van der Waals surface area contributed by atoms with Crippen molar-refractivity contribution in [2.24, 2.45) is 0 Å². The first-order chi connectivity index (χ1) is 18.2. The zero-order valence-electron chi connectivity index (χ0n) is 24.2. The first kappa shape index (κ1) is 31.3. The number of nitrogens with one attached hydrogen (secondary N) is 1. The molecule has 0 radical (unpaired) electrons. The molecule has 0 saturated carbocycles. The van der Waals surface area contributed by atoms with Crippen LogP contribution in [0.4, 0.5) is 5.69 Å². The Bertz CT molecular complexity index is 1390.